The average molecular weight is 433 g/mol. The molecule has 32 heavy (non-hydrogen) atoms. The number of Topliss-reactive ketones (excluding diaryl/α,β-unsaturated/α-hetero) is 1. The molecule has 4 unspecified atom stereocenters. The lowest BCUT2D eigenvalue weighted by Crippen LogP contribution is -2.39. The fourth-order valence-corrected chi connectivity index (χ4v) is 5.81. The second kappa shape index (κ2) is 7.02. The summed E-state index contributed by atoms with van der Waals surface area (Å²) >= 11 is 0. The lowest BCUT2D eigenvalue weighted by Gasteiger charge is -2.42. The van der Waals surface area contributed by atoms with Crippen LogP contribution < -0.4 is 4.74 Å². The minimum Gasteiger partial charge on any atom is -0.508 e. The van der Waals surface area contributed by atoms with E-state index in [4.69, 9.17) is 4.74 Å². The molecular weight excluding hydrogens is 410 g/mol. The Kier molecular flexibility index (Phi) is 4.48. The summed E-state index contributed by atoms with van der Waals surface area (Å²) in [4.78, 5) is 53.1. The van der Waals surface area contributed by atoms with Crippen LogP contribution >= 0.6 is 0 Å². The van der Waals surface area contributed by atoms with Gasteiger partial charge in [-0.3, -0.25) is 24.1 Å². The van der Waals surface area contributed by atoms with E-state index in [1.807, 2.05) is 6.08 Å². The maximum atomic E-state index is 13.3. The Labute approximate surface area is 185 Å². The van der Waals surface area contributed by atoms with Crippen LogP contribution in [0.25, 0.3) is 0 Å². The molecule has 1 fully saturated rings. The summed E-state index contributed by atoms with van der Waals surface area (Å²) in [5.74, 6) is -2.41. The highest BCUT2D eigenvalue weighted by Gasteiger charge is 2.55. The van der Waals surface area contributed by atoms with Crippen LogP contribution in [0.15, 0.2) is 52.6 Å². The van der Waals surface area contributed by atoms with Crippen LogP contribution in [0.5, 0.6) is 11.5 Å². The monoisotopic (exact) mass is 433 g/mol. The molecule has 0 aromatic heterocycles. The van der Waals surface area contributed by atoms with Gasteiger partial charge in [-0.05, 0) is 37.8 Å². The first-order chi connectivity index (χ1) is 15.2. The van der Waals surface area contributed by atoms with Gasteiger partial charge in [0.1, 0.15) is 11.5 Å². The molecule has 7 heteroatoms. The molecule has 3 aliphatic carbocycles. The molecule has 0 bridgehead atoms. The minimum absolute atomic E-state index is 0.0187. The van der Waals surface area contributed by atoms with Crippen LogP contribution in [0, 0.1) is 17.8 Å². The zero-order chi connectivity index (χ0) is 22.9. The first-order valence-corrected chi connectivity index (χ1v) is 10.6. The van der Waals surface area contributed by atoms with E-state index in [0.717, 1.165) is 5.57 Å². The number of phenolic OH excluding ortho intramolecular Hbond substituents is 1. The number of likely N-dealkylation sites (tertiary alicyclic amines) is 1. The van der Waals surface area contributed by atoms with Crippen molar-refractivity contribution in [1.29, 1.82) is 0 Å². The number of hydrogen-bond donors (Lipinski definition) is 1. The third-order valence-electron chi connectivity index (χ3n) is 7.31. The van der Waals surface area contributed by atoms with Gasteiger partial charge in [-0.15, -0.1) is 0 Å². The number of fused-ring (bicyclic) bond motifs is 3. The Morgan fingerprint density at radius 1 is 1.09 bits per heavy atom. The van der Waals surface area contributed by atoms with Crippen molar-refractivity contribution in [2.45, 2.75) is 25.7 Å². The highest BCUT2D eigenvalue weighted by Crippen LogP contribution is 2.56. The molecule has 4 aliphatic rings. The number of phenols is 1. The number of ether oxygens (including phenoxy) is 1. The summed E-state index contributed by atoms with van der Waals surface area (Å²) in [6.45, 7) is 1.63. The highest BCUT2D eigenvalue weighted by atomic mass is 16.5. The number of aromatic hydroxyl groups is 1. The van der Waals surface area contributed by atoms with Gasteiger partial charge in [-0.1, -0.05) is 17.7 Å². The summed E-state index contributed by atoms with van der Waals surface area (Å²) in [5, 5.41) is 9.96. The molecule has 0 saturated carbocycles. The third kappa shape index (κ3) is 2.66. The molecule has 1 aromatic rings. The number of imide groups is 1. The Balaban J connectivity index is 1.74. The average Bonchev–Trinajstić information content (AvgIpc) is 3.00. The number of benzene rings is 1. The zero-order valence-corrected chi connectivity index (χ0v) is 18.0. The first-order valence-electron chi connectivity index (χ1n) is 10.6. The number of rotatable bonds is 2. The quantitative estimate of drug-likeness (QED) is 0.437. The van der Waals surface area contributed by atoms with Crippen molar-refractivity contribution >= 4 is 23.4 Å². The maximum absolute atomic E-state index is 13.3. The zero-order valence-electron chi connectivity index (χ0n) is 18.0. The summed E-state index contributed by atoms with van der Waals surface area (Å²) in [6.07, 6.45) is 3.97. The fraction of sp³-hybridized carbons (Fsp3) is 0.360. The molecule has 1 heterocycles. The Morgan fingerprint density at radius 3 is 2.56 bits per heavy atom. The van der Waals surface area contributed by atoms with E-state index in [9.17, 15) is 24.3 Å². The predicted octanol–water partition coefficient (Wildman–Crippen LogP) is 2.46. The summed E-state index contributed by atoms with van der Waals surface area (Å²) in [6, 6.07) is 4.68. The third-order valence-corrected chi connectivity index (χ3v) is 7.31. The van der Waals surface area contributed by atoms with E-state index < -0.39 is 17.8 Å². The van der Waals surface area contributed by atoms with Crippen LogP contribution in [0.4, 0.5) is 0 Å². The Hall–Kier alpha value is -3.48. The topological polar surface area (TPSA) is 101 Å². The van der Waals surface area contributed by atoms with E-state index in [1.54, 1.807) is 13.0 Å². The molecule has 1 aliphatic heterocycles. The van der Waals surface area contributed by atoms with Gasteiger partial charge in [0, 0.05) is 41.3 Å². The smallest absolute Gasteiger partial charge is 0.233 e. The van der Waals surface area contributed by atoms with E-state index >= 15 is 0 Å². The van der Waals surface area contributed by atoms with Gasteiger partial charge in [0.05, 0.1) is 18.9 Å². The van der Waals surface area contributed by atoms with E-state index in [0.29, 0.717) is 34.5 Å². The Morgan fingerprint density at radius 2 is 1.84 bits per heavy atom. The molecule has 2 amide bonds. The SMILES string of the molecule is COc1cc(O)ccc1C1C2=CCC3C(=O)N(C)C(=O)C3C2CC2=C1C(=O)C(C)=CC2=O. The maximum Gasteiger partial charge on any atom is 0.233 e. The number of carbonyl (C=O) groups excluding carboxylic acids is 4. The fourth-order valence-electron chi connectivity index (χ4n) is 5.81. The van der Waals surface area contributed by atoms with E-state index in [1.165, 1.54) is 37.3 Å². The number of carbonyl (C=O) groups is 4. The van der Waals surface area contributed by atoms with Gasteiger partial charge in [0.25, 0.3) is 0 Å². The highest BCUT2D eigenvalue weighted by molar-refractivity contribution is 6.23. The van der Waals surface area contributed by atoms with Crippen molar-refractivity contribution in [3.63, 3.8) is 0 Å². The molecule has 1 N–H and O–H groups in total. The lowest BCUT2D eigenvalue weighted by atomic mass is 9.59. The number of hydrogen-bond acceptors (Lipinski definition) is 6. The van der Waals surface area contributed by atoms with Crippen molar-refractivity contribution in [1.82, 2.24) is 4.90 Å². The number of methoxy groups -OCH3 is 1. The van der Waals surface area contributed by atoms with E-state index in [-0.39, 0.29) is 41.5 Å². The van der Waals surface area contributed by atoms with Crippen molar-refractivity contribution < 1.29 is 29.0 Å². The van der Waals surface area contributed by atoms with Crippen molar-refractivity contribution in [3.8, 4) is 11.5 Å². The van der Waals surface area contributed by atoms with Crippen molar-refractivity contribution in [2.75, 3.05) is 14.2 Å². The molecule has 0 spiro atoms. The molecule has 1 aromatic carbocycles. The predicted molar refractivity (Wildman–Crippen MR) is 114 cm³/mol. The van der Waals surface area contributed by atoms with Crippen LogP contribution in [-0.4, -0.2) is 47.5 Å². The summed E-state index contributed by atoms with van der Waals surface area (Å²) < 4.78 is 5.52. The van der Waals surface area contributed by atoms with E-state index in [2.05, 4.69) is 0 Å². The molecule has 0 radical (unpaired) electrons. The van der Waals surface area contributed by atoms with Gasteiger partial charge in [-0.25, -0.2) is 0 Å². The van der Waals surface area contributed by atoms with Crippen LogP contribution in [0.2, 0.25) is 0 Å². The van der Waals surface area contributed by atoms with Gasteiger partial charge in [-0.2, -0.15) is 0 Å². The molecule has 164 valence electrons. The molecule has 7 nitrogen and oxygen atoms in total. The van der Waals surface area contributed by atoms with Crippen molar-refractivity contribution in [3.05, 3.63) is 58.2 Å². The standard InChI is InChI=1S/C25H23NO6/c1-11-8-18(28)17-10-16-13(6-7-15-21(16)25(31)26(2)24(15)30)20(22(17)23(11)29)14-5-4-12(27)9-19(14)32-3/h4-6,8-9,15-16,20-21,27H,7,10H2,1-3H3. The van der Waals surface area contributed by atoms with Gasteiger partial charge in [0.15, 0.2) is 11.6 Å². The van der Waals surface area contributed by atoms with Crippen LogP contribution in [-0.2, 0) is 19.2 Å². The Bertz CT molecular complexity index is 1200. The second-order valence-corrected chi connectivity index (χ2v) is 8.89. The van der Waals surface area contributed by atoms with Crippen LogP contribution in [0.3, 0.4) is 0 Å². The number of allylic oxidation sites excluding steroid dienone is 6. The summed E-state index contributed by atoms with van der Waals surface area (Å²) in [7, 11) is 2.98. The van der Waals surface area contributed by atoms with Gasteiger partial charge < -0.3 is 9.84 Å². The summed E-state index contributed by atoms with van der Waals surface area (Å²) in [5.41, 5.74) is 2.69. The van der Waals surface area contributed by atoms with Crippen LogP contribution in [0.1, 0.15) is 31.2 Å². The molecule has 5 rings (SSSR count). The normalized spacial score (nSPS) is 29.4. The number of nitrogens with zero attached hydrogens (tertiary/aromatic N) is 1. The first kappa shape index (κ1) is 20.4. The molecular formula is C25H23NO6. The minimum atomic E-state index is -0.589. The largest absolute Gasteiger partial charge is 0.508 e. The van der Waals surface area contributed by atoms with Gasteiger partial charge in [0.2, 0.25) is 11.8 Å². The lowest BCUT2D eigenvalue weighted by molar-refractivity contribution is -0.138. The molecule has 4 atom stereocenters. The number of ketones is 2. The van der Waals surface area contributed by atoms with Gasteiger partial charge >= 0.3 is 0 Å². The number of amides is 2. The molecule has 1 saturated heterocycles. The second-order valence-electron chi connectivity index (χ2n) is 8.89. The van der Waals surface area contributed by atoms with Crippen molar-refractivity contribution in [2.24, 2.45) is 17.8 Å².